The van der Waals surface area contributed by atoms with Gasteiger partial charge in [-0.05, 0) is 24.8 Å². The molecule has 0 aromatic rings. The zero-order valence-electron chi connectivity index (χ0n) is 15.0. The quantitative estimate of drug-likeness (QED) is 0.477. The Bertz CT molecular complexity index is 448. The van der Waals surface area contributed by atoms with Crippen LogP contribution in [0.3, 0.4) is 0 Å². The summed E-state index contributed by atoms with van der Waals surface area (Å²) in [6.45, 7) is 9.74. The Morgan fingerprint density at radius 2 is 2.00 bits per heavy atom. The van der Waals surface area contributed by atoms with Crippen molar-refractivity contribution >= 4 is 11.7 Å². The standard InChI is InChI=1S/C18H31NO4/c1-6-12(3)15(11-20)19-16(22)8-9-18(5)17(23-18)13(4)10-14(21)7-2/h8-9,12-13,15,17,20H,6-7,10-11H2,1-5H3,(H,19,22)/b9-8-/t12-,13-,15+,17-,18+/m0/s1. The van der Waals surface area contributed by atoms with Gasteiger partial charge in [0.15, 0.2) is 0 Å². The molecule has 0 saturated carbocycles. The van der Waals surface area contributed by atoms with Crippen LogP contribution >= 0.6 is 0 Å². The summed E-state index contributed by atoms with van der Waals surface area (Å²) >= 11 is 0. The van der Waals surface area contributed by atoms with E-state index in [2.05, 4.69) is 5.32 Å². The minimum absolute atomic E-state index is 0.0229. The fraction of sp³-hybridized carbons (Fsp3) is 0.778. The average Bonchev–Trinajstić information content (AvgIpc) is 3.22. The largest absolute Gasteiger partial charge is 0.394 e. The van der Waals surface area contributed by atoms with E-state index in [4.69, 9.17) is 4.74 Å². The first-order chi connectivity index (χ1) is 10.8. The van der Waals surface area contributed by atoms with E-state index in [-0.39, 0.29) is 42.3 Å². The number of ether oxygens (including phenoxy) is 1. The lowest BCUT2D eigenvalue weighted by molar-refractivity contribution is -0.120. The summed E-state index contributed by atoms with van der Waals surface area (Å²) in [4.78, 5) is 23.5. The lowest BCUT2D eigenvalue weighted by Crippen LogP contribution is -2.41. The summed E-state index contributed by atoms with van der Waals surface area (Å²) in [6, 6.07) is -0.234. The SMILES string of the molecule is CCC(=O)C[C@H](C)[C@@H]1O[C@]1(C)/C=C\C(=O)N[C@H](CO)[C@@H](C)CC. The van der Waals surface area contributed by atoms with E-state index in [1.807, 2.05) is 34.6 Å². The molecule has 0 spiro atoms. The second-order valence-electron chi connectivity index (χ2n) is 6.81. The van der Waals surface area contributed by atoms with Crippen LogP contribution in [0.1, 0.15) is 53.9 Å². The third-order valence-corrected chi connectivity index (χ3v) is 4.77. The van der Waals surface area contributed by atoms with Gasteiger partial charge in [-0.25, -0.2) is 0 Å². The molecule has 0 bridgehead atoms. The van der Waals surface area contributed by atoms with E-state index in [0.29, 0.717) is 12.8 Å². The maximum Gasteiger partial charge on any atom is 0.244 e. The molecule has 0 aromatic carbocycles. The molecule has 23 heavy (non-hydrogen) atoms. The number of amides is 1. The van der Waals surface area contributed by atoms with Crippen molar-refractivity contribution in [2.24, 2.45) is 11.8 Å². The normalized spacial score (nSPS) is 27.5. The number of hydrogen-bond donors (Lipinski definition) is 2. The Morgan fingerprint density at radius 1 is 1.35 bits per heavy atom. The van der Waals surface area contributed by atoms with Gasteiger partial charge in [-0.3, -0.25) is 9.59 Å². The number of carbonyl (C=O) groups is 2. The second-order valence-corrected chi connectivity index (χ2v) is 6.81. The molecule has 132 valence electrons. The van der Waals surface area contributed by atoms with Gasteiger partial charge in [0.25, 0.3) is 0 Å². The number of aliphatic hydroxyl groups is 1. The minimum atomic E-state index is -0.476. The van der Waals surface area contributed by atoms with Gasteiger partial charge in [-0.15, -0.1) is 0 Å². The maximum absolute atomic E-state index is 12.0. The molecule has 1 amide bonds. The summed E-state index contributed by atoms with van der Waals surface area (Å²) in [5.74, 6) is 0.372. The highest BCUT2D eigenvalue weighted by atomic mass is 16.6. The van der Waals surface area contributed by atoms with Crippen molar-refractivity contribution in [3.8, 4) is 0 Å². The second kappa shape index (κ2) is 8.60. The zero-order chi connectivity index (χ0) is 17.6. The van der Waals surface area contributed by atoms with Crippen LogP contribution in [-0.4, -0.2) is 41.2 Å². The predicted molar refractivity (Wildman–Crippen MR) is 90.0 cm³/mol. The van der Waals surface area contributed by atoms with Crippen LogP contribution in [0.2, 0.25) is 0 Å². The number of aliphatic hydroxyl groups excluding tert-OH is 1. The van der Waals surface area contributed by atoms with Crippen LogP contribution in [0.4, 0.5) is 0 Å². The molecule has 2 N–H and O–H groups in total. The molecule has 5 heteroatoms. The molecule has 0 unspecified atom stereocenters. The number of Topliss-reactive ketones (excluding diaryl/α,β-unsaturated/α-hetero) is 1. The van der Waals surface area contributed by atoms with Crippen LogP contribution in [0.15, 0.2) is 12.2 Å². The number of epoxide rings is 1. The van der Waals surface area contributed by atoms with Gasteiger partial charge in [0.1, 0.15) is 11.4 Å². The van der Waals surface area contributed by atoms with Crippen LogP contribution in [0, 0.1) is 11.8 Å². The highest BCUT2D eigenvalue weighted by Crippen LogP contribution is 2.43. The molecule has 5 nitrogen and oxygen atoms in total. The van der Waals surface area contributed by atoms with Gasteiger partial charge in [-0.2, -0.15) is 0 Å². The lowest BCUT2D eigenvalue weighted by atomic mass is 9.92. The minimum Gasteiger partial charge on any atom is -0.394 e. The highest BCUT2D eigenvalue weighted by Gasteiger charge is 2.53. The molecule has 1 saturated heterocycles. The first-order valence-electron chi connectivity index (χ1n) is 8.57. The van der Waals surface area contributed by atoms with E-state index in [0.717, 1.165) is 6.42 Å². The van der Waals surface area contributed by atoms with Crippen molar-refractivity contribution in [1.29, 1.82) is 0 Å². The van der Waals surface area contributed by atoms with Gasteiger partial charge in [0.2, 0.25) is 5.91 Å². The molecule has 0 aromatic heterocycles. The summed E-state index contributed by atoms with van der Waals surface area (Å²) in [5, 5.41) is 12.2. The Balaban J connectivity index is 2.51. The number of ketones is 1. The van der Waals surface area contributed by atoms with Crippen molar-refractivity contribution in [2.75, 3.05) is 6.61 Å². The monoisotopic (exact) mass is 325 g/mol. The smallest absolute Gasteiger partial charge is 0.244 e. The van der Waals surface area contributed by atoms with E-state index < -0.39 is 5.60 Å². The molecular formula is C18H31NO4. The fourth-order valence-corrected chi connectivity index (χ4v) is 2.79. The number of hydrogen-bond acceptors (Lipinski definition) is 4. The van der Waals surface area contributed by atoms with Gasteiger partial charge >= 0.3 is 0 Å². The Labute approximate surface area is 139 Å². The number of nitrogens with one attached hydrogen (secondary N) is 1. The summed E-state index contributed by atoms with van der Waals surface area (Å²) < 4.78 is 5.69. The molecule has 1 rings (SSSR count). The van der Waals surface area contributed by atoms with Crippen molar-refractivity contribution in [1.82, 2.24) is 5.32 Å². The molecule has 1 fully saturated rings. The van der Waals surface area contributed by atoms with E-state index in [1.165, 1.54) is 6.08 Å². The van der Waals surface area contributed by atoms with Crippen LogP contribution < -0.4 is 5.32 Å². The van der Waals surface area contributed by atoms with Crippen LogP contribution in [0.25, 0.3) is 0 Å². The van der Waals surface area contributed by atoms with Crippen molar-refractivity contribution < 1.29 is 19.4 Å². The Kier molecular flexibility index (Phi) is 7.42. The molecule has 5 atom stereocenters. The van der Waals surface area contributed by atoms with Gasteiger partial charge in [0.05, 0.1) is 18.8 Å². The molecule has 0 radical (unpaired) electrons. The fourth-order valence-electron chi connectivity index (χ4n) is 2.79. The van der Waals surface area contributed by atoms with Gasteiger partial charge in [0, 0.05) is 18.9 Å². The highest BCUT2D eigenvalue weighted by molar-refractivity contribution is 5.88. The molecular weight excluding hydrogens is 294 g/mol. The van der Waals surface area contributed by atoms with Crippen molar-refractivity contribution in [3.05, 3.63) is 12.2 Å². The van der Waals surface area contributed by atoms with Crippen molar-refractivity contribution in [3.63, 3.8) is 0 Å². The average molecular weight is 325 g/mol. The summed E-state index contributed by atoms with van der Waals surface area (Å²) in [5.41, 5.74) is -0.476. The summed E-state index contributed by atoms with van der Waals surface area (Å²) in [7, 11) is 0. The summed E-state index contributed by atoms with van der Waals surface area (Å²) in [6.07, 6.45) is 5.15. The lowest BCUT2D eigenvalue weighted by Gasteiger charge is -2.21. The van der Waals surface area contributed by atoms with Gasteiger partial charge in [-0.1, -0.05) is 34.1 Å². The van der Waals surface area contributed by atoms with E-state index in [1.54, 1.807) is 6.08 Å². The number of carbonyl (C=O) groups excluding carboxylic acids is 2. The maximum atomic E-state index is 12.0. The zero-order valence-corrected chi connectivity index (χ0v) is 15.0. The van der Waals surface area contributed by atoms with Gasteiger partial charge < -0.3 is 15.2 Å². The van der Waals surface area contributed by atoms with Crippen molar-refractivity contribution in [2.45, 2.75) is 71.6 Å². The third kappa shape index (κ3) is 5.74. The molecule has 0 aliphatic carbocycles. The first kappa shape index (κ1) is 19.8. The third-order valence-electron chi connectivity index (χ3n) is 4.77. The van der Waals surface area contributed by atoms with E-state index in [9.17, 15) is 14.7 Å². The van der Waals surface area contributed by atoms with E-state index >= 15 is 0 Å². The molecule has 1 aliphatic rings. The number of rotatable bonds is 10. The Morgan fingerprint density at radius 3 is 2.52 bits per heavy atom. The Hall–Kier alpha value is -1.20. The first-order valence-corrected chi connectivity index (χ1v) is 8.57. The predicted octanol–water partition coefficient (Wildman–Crippen LogP) is 2.23. The van der Waals surface area contributed by atoms with Crippen LogP contribution in [0.5, 0.6) is 0 Å². The topological polar surface area (TPSA) is 78.9 Å². The molecule has 1 aliphatic heterocycles. The molecule has 1 heterocycles. The van der Waals surface area contributed by atoms with Crippen LogP contribution in [-0.2, 0) is 14.3 Å².